The molecule has 0 spiro atoms. The SMILES string of the molecule is NCc1cccc(-c2ccc3cccnc3c2)c1. The van der Waals surface area contributed by atoms with E-state index in [9.17, 15) is 0 Å². The fourth-order valence-corrected chi connectivity index (χ4v) is 2.12. The lowest BCUT2D eigenvalue weighted by molar-refractivity contribution is 1.07. The minimum atomic E-state index is 0.569. The van der Waals surface area contributed by atoms with E-state index in [0.29, 0.717) is 6.54 Å². The Bertz CT molecular complexity index is 689. The molecule has 2 heteroatoms. The van der Waals surface area contributed by atoms with Gasteiger partial charge in [-0.2, -0.15) is 0 Å². The molecule has 0 aliphatic carbocycles. The summed E-state index contributed by atoms with van der Waals surface area (Å²) >= 11 is 0. The number of hydrogen-bond donors (Lipinski definition) is 1. The van der Waals surface area contributed by atoms with Gasteiger partial charge in [-0.15, -0.1) is 0 Å². The molecule has 88 valence electrons. The third-order valence-corrected chi connectivity index (χ3v) is 3.10. The Kier molecular flexibility index (Phi) is 2.79. The molecule has 0 aliphatic rings. The Morgan fingerprint density at radius 2 is 1.78 bits per heavy atom. The molecule has 0 fully saturated rings. The molecule has 0 bridgehead atoms. The van der Waals surface area contributed by atoms with Crippen molar-refractivity contribution in [1.29, 1.82) is 0 Å². The van der Waals surface area contributed by atoms with Gasteiger partial charge in [-0.25, -0.2) is 0 Å². The first-order chi connectivity index (χ1) is 8.86. The fraction of sp³-hybridized carbons (Fsp3) is 0.0625. The molecular formula is C16H14N2. The number of fused-ring (bicyclic) bond motifs is 1. The second kappa shape index (κ2) is 4.59. The average molecular weight is 234 g/mol. The van der Waals surface area contributed by atoms with Crippen LogP contribution in [0.4, 0.5) is 0 Å². The molecule has 2 N–H and O–H groups in total. The minimum Gasteiger partial charge on any atom is -0.326 e. The van der Waals surface area contributed by atoms with Crippen LogP contribution in [0.3, 0.4) is 0 Å². The van der Waals surface area contributed by atoms with Gasteiger partial charge in [-0.3, -0.25) is 4.98 Å². The molecule has 0 saturated heterocycles. The van der Waals surface area contributed by atoms with Crippen molar-refractivity contribution in [2.75, 3.05) is 0 Å². The highest BCUT2D eigenvalue weighted by molar-refractivity contribution is 5.84. The predicted octanol–water partition coefficient (Wildman–Crippen LogP) is 3.36. The van der Waals surface area contributed by atoms with Crippen LogP contribution in [0, 0.1) is 0 Å². The van der Waals surface area contributed by atoms with Gasteiger partial charge >= 0.3 is 0 Å². The molecule has 1 heterocycles. The highest BCUT2D eigenvalue weighted by Crippen LogP contribution is 2.24. The molecule has 1 aromatic heterocycles. The molecular weight excluding hydrogens is 220 g/mol. The van der Waals surface area contributed by atoms with Crippen molar-refractivity contribution >= 4 is 10.9 Å². The topological polar surface area (TPSA) is 38.9 Å². The number of hydrogen-bond acceptors (Lipinski definition) is 2. The molecule has 2 aromatic carbocycles. The summed E-state index contributed by atoms with van der Waals surface area (Å²) in [6, 6.07) is 18.7. The van der Waals surface area contributed by atoms with Crippen LogP contribution in [0.2, 0.25) is 0 Å². The van der Waals surface area contributed by atoms with Crippen LogP contribution in [-0.4, -0.2) is 4.98 Å². The van der Waals surface area contributed by atoms with Gasteiger partial charge in [-0.05, 0) is 34.9 Å². The second-order valence-corrected chi connectivity index (χ2v) is 4.32. The maximum Gasteiger partial charge on any atom is 0.0708 e. The maximum absolute atomic E-state index is 5.67. The van der Waals surface area contributed by atoms with Crippen molar-refractivity contribution in [2.24, 2.45) is 5.73 Å². The largest absolute Gasteiger partial charge is 0.326 e. The van der Waals surface area contributed by atoms with Crippen molar-refractivity contribution in [3.05, 3.63) is 66.4 Å². The van der Waals surface area contributed by atoms with Crippen LogP contribution in [0.25, 0.3) is 22.0 Å². The Labute approximate surface area is 106 Å². The first kappa shape index (κ1) is 10.9. The first-order valence-electron chi connectivity index (χ1n) is 6.01. The van der Waals surface area contributed by atoms with Gasteiger partial charge in [0.05, 0.1) is 5.52 Å². The van der Waals surface area contributed by atoms with Gasteiger partial charge in [0.15, 0.2) is 0 Å². The lowest BCUT2D eigenvalue weighted by atomic mass is 10.0. The highest BCUT2D eigenvalue weighted by atomic mass is 14.6. The summed E-state index contributed by atoms with van der Waals surface area (Å²) in [5, 5.41) is 1.16. The van der Waals surface area contributed by atoms with E-state index in [-0.39, 0.29) is 0 Å². The van der Waals surface area contributed by atoms with Crippen molar-refractivity contribution < 1.29 is 0 Å². The zero-order valence-corrected chi connectivity index (χ0v) is 10.0. The van der Waals surface area contributed by atoms with Crippen LogP contribution in [0.5, 0.6) is 0 Å². The fourth-order valence-electron chi connectivity index (χ4n) is 2.12. The van der Waals surface area contributed by atoms with Gasteiger partial charge in [0.2, 0.25) is 0 Å². The molecule has 0 radical (unpaired) electrons. The van der Waals surface area contributed by atoms with E-state index < -0.39 is 0 Å². The summed E-state index contributed by atoms with van der Waals surface area (Å²) in [6.07, 6.45) is 1.82. The minimum absolute atomic E-state index is 0.569. The molecule has 0 saturated carbocycles. The van der Waals surface area contributed by atoms with Crippen LogP contribution >= 0.6 is 0 Å². The third kappa shape index (κ3) is 1.98. The van der Waals surface area contributed by atoms with E-state index in [4.69, 9.17) is 5.73 Å². The van der Waals surface area contributed by atoms with E-state index in [2.05, 4.69) is 41.4 Å². The number of rotatable bonds is 2. The van der Waals surface area contributed by atoms with E-state index in [0.717, 1.165) is 16.5 Å². The third-order valence-electron chi connectivity index (χ3n) is 3.10. The molecule has 0 aliphatic heterocycles. The van der Waals surface area contributed by atoms with Crippen molar-refractivity contribution in [1.82, 2.24) is 4.98 Å². The van der Waals surface area contributed by atoms with Crippen LogP contribution in [0.1, 0.15) is 5.56 Å². The molecule has 3 aromatic rings. The molecule has 3 rings (SSSR count). The highest BCUT2D eigenvalue weighted by Gasteiger charge is 2.01. The lowest BCUT2D eigenvalue weighted by Crippen LogP contribution is -1.95. The normalized spacial score (nSPS) is 10.7. The van der Waals surface area contributed by atoms with E-state index in [1.165, 1.54) is 11.1 Å². The maximum atomic E-state index is 5.67. The number of benzene rings is 2. The molecule has 18 heavy (non-hydrogen) atoms. The Hall–Kier alpha value is -2.19. The Morgan fingerprint density at radius 3 is 2.67 bits per heavy atom. The first-order valence-corrected chi connectivity index (χ1v) is 6.01. The van der Waals surface area contributed by atoms with Gasteiger partial charge in [0, 0.05) is 18.1 Å². The summed E-state index contributed by atoms with van der Waals surface area (Å²) in [4.78, 5) is 4.39. The van der Waals surface area contributed by atoms with Crippen molar-refractivity contribution in [3.8, 4) is 11.1 Å². The van der Waals surface area contributed by atoms with E-state index in [1.807, 2.05) is 24.4 Å². The van der Waals surface area contributed by atoms with Gasteiger partial charge < -0.3 is 5.73 Å². The monoisotopic (exact) mass is 234 g/mol. The van der Waals surface area contributed by atoms with Gasteiger partial charge in [0.1, 0.15) is 0 Å². The number of nitrogens with zero attached hydrogens (tertiary/aromatic N) is 1. The van der Waals surface area contributed by atoms with Crippen LogP contribution in [-0.2, 0) is 6.54 Å². The number of nitrogens with two attached hydrogens (primary N) is 1. The standard InChI is InChI=1S/C16H14N2/c17-11-12-3-1-4-14(9-12)15-7-6-13-5-2-8-18-16(13)10-15/h1-10H,11,17H2. The summed E-state index contributed by atoms with van der Waals surface area (Å²) < 4.78 is 0. The summed E-state index contributed by atoms with van der Waals surface area (Å²) in [6.45, 7) is 0.569. The smallest absolute Gasteiger partial charge is 0.0708 e. The summed E-state index contributed by atoms with van der Waals surface area (Å²) in [7, 11) is 0. The van der Waals surface area contributed by atoms with Crippen LogP contribution in [0.15, 0.2) is 60.8 Å². The zero-order chi connectivity index (χ0) is 12.4. The van der Waals surface area contributed by atoms with Crippen molar-refractivity contribution in [3.63, 3.8) is 0 Å². The van der Waals surface area contributed by atoms with E-state index >= 15 is 0 Å². The molecule has 0 unspecified atom stereocenters. The zero-order valence-electron chi connectivity index (χ0n) is 10.0. The number of pyridine rings is 1. The average Bonchev–Trinajstić information content (AvgIpc) is 2.47. The van der Waals surface area contributed by atoms with Crippen molar-refractivity contribution in [2.45, 2.75) is 6.54 Å². The number of aromatic nitrogens is 1. The quantitative estimate of drug-likeness (QED) is 0.738. The Morgan fingerprint density at radius 1 is 0.889 bits per heavy atom. The van der Waals surface area contributed by atoms with E-state index in [1.54, 1.807) is 0 Å². The van der Waals surface area contributed by atoms with Crippen LogP contribution < -0.4 is 5.73 Å². The summed E-state index contributed by atoms with van der Waals surface area (Å²) in [5.74, 6) is 0. The predicted molar refractivity (Wildman–Crippen MR) is 75.1 cm³/mol. The molecule has 0 atom stereocenters. The molecule has 0 amide bonds. The van der Waals surface area contributed by atoms with Gasteiger partial charge in [-0.1, -0.05) is 36.4 Å². The lowest BCUT2D eigenvalue weighted by Gasteiger charge is -2.05. The second-order valence-electron chi connectivity index (χ2n) is 4.32. The molecule has 2 nitrogen and oxygen atoms in total. The summed E-state index contributed by atoms with van der Waals surface area (Å²) in [5.41, 5.74) is 10.2. The Balaban J connectivity index is 2.13. The van der Waals surface area contributed by atoms with Gasteiger partial charge in [0.25, 0.3) is 0 Å².